The average Bonchev–Trinajstić information content (AvgIpc) is 3.04. The van der Waals surface area contributed by atoms with Crippen molar-refractivity contribution in [2.45, 2.75) is 51.5 Å². The van der Waals surface area contributed by atoms with E-state index in [0.717, 1.165) is 12.8 Å². The van der Waals surface area contributed by atoms with Gasteiger partial charge in [0.2, 0.25) is 5.82 Å². The number of nitrogens with one attached hydrogen (secondary N) is 2. The van der Waals surface area contributed by atoms with Crippen molar-refractivity contribution in [1.82, 2.24) is 20.5 Å². The van der Waals surface area contributed by atoms with Crippen molar-refractivity contribution in [3.63, 3.8) is 0 Å². The second-order valence-electron chi connectivity index (χ2n) is 6.49. The first-order valence-electron chi connectivity index (χ1n) is 6.63. The fourth-order valence-electron chi connectivity index (χ4n) is 1.98. The van der Waals surface area contributed by atoms with Crippen molar-refractivity contribution >= 4 is 11.9 Å². The lowest BCUT2D eigenvalue weighted by molar-refractivity contribution is -0.144. The van der Waals surface area contributed by atoms with Crippen molar-refractivity contribution in [3.05, 3.63) is 11.6 Å². The van der Waals surface area contributed by atoms with E-state index >= 15 is 0 Å². The zero-order chi connectivity index (χ0) is 15.1. The molecule has 1 heterocycles. The maximum atomic E-state index is 12.1. The van der Waals surface area contributed by atoms with E-state index in [1.165, 1.54) is 6.92 Å². The van der Waals surface area contributed by atoms with Crippen LogP contribution in [0.5, 0.6) is 0 Å². The van der Waals surface area contributed by atoms with E-state index in [4.69, 9.17) is 0 Å². The summed E-state index contributed by atoms with van der Waals surface area (Å²) in [6, 6.07) is 0. The van der Waals surface area contributed by atoms with Crippen LogP contribution >= 0.6 is 0 Å². The second-order valence-corrected chi connectivity index (χ2v) is 6.49. The maximum Gasteiger partial charge on any atom is 0.329 e. The van der Waals surface area contributed by atoms with Crippen LogP contribution in [-0.2, 0) is 10.2 Å². The number of aliphatic carboxylic acids is 1. The lowest BCUT2D eigenvalue weighted by Gasteiger charge is -2.25. The van der Waals surface area contributed by atoms with E-state index in [-0.39, 0.29) is 17.2 Å². The summed E-state index contributed by atoms with van der Waals surface area (Å²) >= 11 is 0. The Hall–Kier alpha value is -1.92. The predicted molar refractivity (Wildman–Crippen MR) is 71.3 cm³/mol. The summed E-state index contributed by atoms with van der Waals surface area (Å²) in [5, 5.41) is 18.4. The van der Waals surface area contributed by atoms with Gasteiger partial charge >= 0.3 is 5.97 Å². The van der Waals surface area contributed by atoms with Crippen LogP contribution in [-0.4, -0.2) is 37.7 Å². The van der Waals surface area contributed by atoms with Crippen molar-refractivity contribution in [1.29, 1.82) is 0 Å². The summed E-state index contributed by atoms with van der Waals surface area (Å²) in [4.78, 5) is 27.6. The highest BCUT2D eigenvalue weighted by molar-refractivity contribution is 5.95. The van der Waals surface area contributed by atoms with Crippen LogP contribution in [0.2, 0.25) is 0 Å². The number of aromatic amines is 1. The molecular formula is C13H20N4O3. The number of carboxylic acids is 1. The quantitative estimate of drug-likeness (QED) is 0.765. The first kappa shape index (κ1) is 14.5. The molecule has 3 N–H and O–H groups in total. The highest BCUT2D eigenvalue weighted by Gasteiger charge is 2.49. The van der Waals surface area contributed by atoms with E-state index in [0.29, 0.717) is 5.82 Å². The van der Waals surface area contributed by atoms with Crippen LogP contribution in [0, 0.1) is 5.92 Å². The van der Waals surface area contributed by atoms with Gasteiger partial charge < -0.3 is 10.4 Å². The Kier molecular flexibility index (Phi) is 3.31. The zero-order valence-electron chi connectivity index (χ0n) is 12.1. The van der Waals surface area contributed by atoms with Gasteiger partial charge in [-0.05, 0) is 25.7 Å². The normalized spacial score (nSPS) is 18.4. The molecule has 1 aliphatic rings. The molecule has 0 bridgehead atoms. The van der Waals surface area contributed by atoms with Crippen LogP contribution < -0.4 is 5.32 Å². The highest BCUT2D eigenvalue weighted by atomic mass is 16.4. The smallest absolute Gasteiger partial charge is 0.329 e. The molecule has 0 aromatic carbocycles. The van der Waals surface area contributed by atoms with Gasteiger partial charge in [0.05, 0.1) is 0 Å². The molecule has 1 fully saturated rings. The van der Waals surface area contributed by atoms with E-state index in [9.17, 15) is 14.7 Å². The molecule has 0 saturated heterocycles. The summed E-state index contributed by atoms with van der Waals surface area (Å²) in [6.45, 7) is 7.37. The van der Waals surface area contributed by atoms with Gasteiger partial charge in [-0.1, -0.05) is 20.8 Å². The largest absolute Gasteiger partial charge is 0.480 e. The molecule has 20 heavy (non-hydrogen) atoms. The molecule has 1 atom stereocenters. The molecule has 7 nitrogen and oxygen atoms in total. The molecule has 1 aromatic heterocycles. The fourth-order valence-corrected chi connectivity index (χ4v) is 1.98. The molecule has 2 rings (SSSR count). The van der Waals surface area contributed by atoms with Crippen molar-refractivity contribution in [2.75, 3.05) is 0 Å². The number of carbonyl (C=O) groups excluding carboxylic acids is 1. The Morgan fingerprint density at radius 3 is 2.30 bits per heavy atom. The third-order valence-electron chi connectivity index (χ3n) is 3.61. The third kappa shape index (κ3) is 2.66. The van der Waals surface area contributed by atoms with Gasteiger partial charge in [-0.25, -0.2) is 9.78 Å². The van der Waals surface area contributed by atoms with Crippen molar-refractivity contribution < 1.29 is 14.7 Å². The summed E-state index contributed by atoms with van der Waals surface area (Å²) in [7, 11) is 0. The van der Waals surface area contributed by atoms with Crippen LogP contribution in [0.15, 0.2) is 0 Å². The van der Waals surface area contributed by atoms with Gasteiger partial charge in [0.15, 0.2) is 0 Å². The van der Waals surface area contributed by atoms with E-state index in [1.54, 1.807) is 0 Å². The molecule has 1 saturated carbocycles. The Bertz CT molecular complexity index is 542. The van der Waals surface area contributed by atoms with Gasteiger partial charge in [0.25, 0.3) is 5.91 Å². The SMILES string of the molecule is CC(C)(C)c1nc(C(=O)NC(C)(C(=O)O)C2CC2)n[nH]1. The first-order chi connectivity index (χ1) is 9.14. The predicted octanol–water partition coefficient (Wildman–Crippen LogP) is 1.09. The summed E-state index contributed by atoms with van der Waals surface area (Å²) in [5.41, 5.74) is -1.50. The van der Waals surface area contributed by atoms with E-state index in [2.05, 4.69) is 20.5 Å². The maximum absolute atomic E-state index is 12.1. The number of hydrogen-bond acceptors (Lipinski definition) is 4. The fraction of sp³-hybridized carbons (Fsp3) is 0.692. The van der Waals surface area contributed by atoms with Crippen LogP contribution in [0.25, 0.3) is 0 Å². The Morgan fingerprint density at radius 1 is 1.30 bits per heavy atom. The summed E-state index contributed by atoms with van der Waals surface area (Å²) in [6.07, 6.45) is 1.62. The van der Waals surface area contributed by atoms with Gasteiger partial charge in [0.1, 0.15) is 11.4 Å². The van der Waals surface area contributed by atoms with Crippen molar-refractivity contribution in [3.8, 4) is 0 Å². The van der Waals surface area contributed by atoms with Crippen molar-refractivity contribution in [2.24, 2.45) is 5.92 Å². The minimum absolute atomic E-state index is 0.0232. The molecule has 0 aliphatic heterocycles. The Balaban J connectivity index is 2.15. The van der Waals surface area contributed by atoms with Crippen LogP contribution in [0.1, 0.15) is 57.0 Å². The molecule has 7 heteroatoms. The van der Waals surface area contributed by atoms with Gasteiger partial charge in [-0.2, -0.15) is 0 Å². The molecule has 1 aliphatic carbocycles. The number of hydrogen-bond donors (Lipinski definition) is 3. The van der Waals surface area contributed by atoms with Crippen LogP contribution in [0.4, 0.5) is 0 Å². The van der Waals surface area contributed by atoms with Gasteiger partial charge in [0, 0.05) is 5.41 Å². The monoisotopic (exact) mass is 280 g/mol. The van der Waals surface area contributed by atoms with Gasteiger partial charge in [-0.3, -0.25) is 9.89 Å². The molecule has 1 aromatic rings. The number of aromatic nitrogens is 3. The second kappa shape index (κ2) is 4.57. The Labute approximate surface area is 117 Å². The van der Waals surface area contributed by atoms with E-state index in [1.807, 2.05) is 20.8 Å². The number of rotatable bonds is 4. The molecule has 110 valence electrons. The molecule has 1 amide bonds. The molecule has 1 unspecified atom stereocenters. The Morgan fingerprint density at radius 2 is 1.90 bits per heavy atom. The number of carboxylic acid groups (broad SMARTS) is 1. The molecule has 0 spiro atoms. The summed E-state index contributed by atoms with van der Waals surface area (Å²) < 4.78 is 0. The molecule has 0 radical (unpaired) electrons. The minimum atomic E-state index is -1.25. The minimum Gasteiger partial charge on any atom is -0.480 e. The average molecular weight is 280 g/mol. The first-order valence-corrected chi connectivity index (χ1v) is 6.63. The lowest BCUT2D eigenvalue weighted by Crippen LogP contribution is -2.54. The third-order valence-corrected chi connectivity index (χ3v) is 3.61. The topological polar surface area (TPSA) is 108 Å². The zero-order valence-corrected chi connectivity index (χ0v) is 12.1. The van der Waals surface area contributed by atoms with Gasteiger partial charge in [-0.15, -0.1) is 5.10 Å². The number of nitrogens with zero attached hydrogens (tertiary/aromatic N) is 2. The number of carbonyl (C=O) groups is 2. The van der Waals surface area contributed by atoms with E-state index < -0.39 is 17.4 Å². The summed E-state index contributed by atoms with van der Waals surface area (Å²) in [5.74, 6) is -1.05. The highest BCUT2D eigenvalue weighted by Crippen LogP contribution is 2.39. The number of amides is 1. The van der Waals surface area contributed by atoms with Crippen LogP contribution in [0.3, 0.4) is 0 Å². The number of H-pyrrole nitrogens is 1. The lowest BCUT2D eigenvalue weighted by atomic mass is 9.95. The standard InChI is InChI=1S/C13H20N4O3/c1-12(2,3)10-14-8(16-17-10)9(18)15-13(4,11(19)20)7-5-6-7/h7H,5-6H2,1-4H3,(H,15,18)(H,19,20)(H,14,16,17). The molecular weight excluding hydrogens is 260 g/mol.